The van der Waals surface area contributed by atoms with Crippen molar-refractivity contribution in [1.29, 1.82) is 0 Å². The van der Waals surface area contributed by atoms with Crippen LogP contribution >= 0.6 is 0 Å². The predicted octanol–water partition coefficient (Wildman–Crippen LogP) is 3.44. The molecule has 0 bridgehead atoms. The lowest BCUT2D eigenvalue weighted by Gasteiger charge is -2.20. The number of halogens is 6. The largest absolute Gasteiger partial charge is 0.471 e. The van der Waals surface area contributed by atoms with Crippen molar-refractivity contribution in [3.05, 3.63) is 53.9 Å². The molecule has 0 aliphatic heterocycles. The van der Waals surface area contributed by atoms with Crippen molar-refractivity contribution in [2.45, 2.75) is 18.6 Å². The highest BCUT2D eigenvalue weighted by atomic mass is 19.4. The van der Waals surface area contributed by atoms with Crippen LogP contribution in [0, 0.1) is 5.82 Å². The SMILES string of the molecule is O=C(NCC(Nc1ncc(-c2nnc(C(F)F)o2)cn1)c1ccccc1F)C(F)(F)F. The third-order valence-corrected chi connectivity index (χ3v) is 3.83. The number of hydrogen-bond donors (Lipinski definition) is 2. The Kier molecular flexibility index (Phi) is 6.36. The summed E-state index contributed by atoms with van der Waals surface area (Å²) in [6.07, 6.45) is -5.81. The summed E-state index contributed by atoms with van der Waals surface area (Å²) in [5, 5.41) is 10.9. The highest BCUT2D eigenvalue weighted by Crippen LogP contribution is 2.24. The zero-order chi connectivity index (χ0) is 22.6. The second kappa shape index (κ2) is 8.97. The fraction of sp³-hybridized carbons (Fsp3) is 0.235. The summed E-state index contributed by atoms with van der Waals surface area (Å²) < 4.78 is 81.4. The Labute approximate surface area is 169 Å². The lowest BCUT2D eigenvalue weighted by Crippen LogP contribution is -2.40. The van der Waals surface area contributed by atoms with E-state index in [1.54, 1.807) is 5.32 Å². The van der Waals surface area contributed by atoms with Gasteiger partial charge in [-0.05, 0) is 6.07 Å². The van der Waals surface area contributed by atoms with Gasteiger partial charge in [0.15, 0.2) is 0 Å². The molecule has 0 radical (unpaired) electrons. The molecule has 1 unspecified atom stereocenters. The minimum absolute atomic E-state index is 0.0453. The first-order chi connectivity index (χ1) is 14.6. The second-order valence-electron chi connectivity index (χ2n) is 5.97. The minimum atomic E-state index is -5.11. The summed E-state index contributed by atoms with van der Waals surface area (Å²) in [6.45, 7) is -0.633. The smallest absolute Gasteiger partial charge is 0.415 e. The van der Waals surface area contributed by atoms with Gasteiger partial charge in [-0.2, -0.15) is 22.0 Å². The molecular weight excluding hydrogens is 434 g/mol. The Morgan fingerprint density at radius 1 is 1.10 bits per heavy atom. The molecule has 0 spiro atoms. The van der Waals surface area contributed by atoms with Gasteiger partial charge in [0.2, 0.25) is 5.95 Å². The highest BCUT2D eigenvalue weighted by molar-refractivity contribution is 5.81. The second-order valence-corrected chi connectivity index (χ2v) is 5.97. The molecule has 31 heavy (non-hydrogen) atoms. The number of benzene rings is 1. The zero-order valence-corrected chi connectivity index (χ0v) is 15.2. The van der Waals surface area contributed by atoms with E-state index in [4.69, 9.17) is 4.42 Å². The number of nitrogens with one attached hydrogen (secondary N) is 2. The molecule has 0 saturated carbocycles. The third kappa shape index (κ3) is 5.46. The quantitative estimate of drug-likeness (QED) is 0.536. The summed E-state index contributed by atoms with van der Waals surface area (Å²) >= 11 is 0. The maximum absolute atomic E-state index is 14.1. The molecule has 0 aliphatic carbocycles. The van der Waals surface area contributed by atoms with E-state index in [9.17, 15) is 31.1 Å². The molecule has 164 valence electrons. The van der Waals surface area contributed by atoms with Crippen molar-refractivity contribution in [1.82, 2.24) is 25.5 Å². The maximum Gasteiger partial charge on any atom is 0.471 e. The molecule has 0 aliphatic rings. The molecule has 1 atom stereocenters. The van der Waals surface area contributed by atoms with Crippen LogP contribution in [0.4, 0.5) is 32.3 Å². The van der Waals surface area contributed by atoms with Crippen LogP contribution < -0.4 is 10.6 Å². The van der Waals surface area contributed by atoms with Crippen LogP contribution in [-0.4, -0.2) is 38.8 Å². The number of carbonyl (C=O) groups is 1. The van der Waals surface area contributed by atoms with Crippen molar-refractivity contribution >= 4 is 11.9 Å². The summed E-state index contributed by atoms with van der Waals surface area (Å²) in [4.78, 5) is 18.9. The van der Waals surface area contributed by atoms with E-state index in [-0.39, 0.29) is 23.0 Å². The first-order valence-electron chi connectivity index (χ1n) is 8.45. The van der Waals surface area contributed by atoms with Crippen molar-refractivity contribution in [2.24, 2.45) is 0 Å². The van der Waals surface area contributed by atoms with Gasteiger partial charge in [0.1, 0.15) is 5.82 Å². The summed E-state index contributed by atoms with van der Waals surface area (Å²) in [6, 6.07) is 4.08. The minimum Gasteiger partial charge on any atom is -0.415 e. The number of alkyl halides is 5. The van der Waals surface area contributed by atoms with Crippen molar-refractivity contribution in [3.8, 4) is 11.5 Å². The fourth-order valence-corrected chi connectivity index (χ4v) is 2.40. The van der Waals surface area contributed by atoms with Gasteiger partial charge >= 0.3 is 18.5 Å². The lowest BCUT2D eigenvalue weighted by molar-refractivity contribution is -0.173. The first-order valence-corrected chi connectivity index (χ1v) is 8.45. The molecular formula is C17H12F6N6O2. The van der Waals surface area contributed by atoms with Crippen LogP contribution in [0.5, 0.6) is 0 Å². The van der Waals surface area contributed by atoms with Crippen molar-refractivity contribution < 1.29 is 35.6 Å². The molecule has 1 aromatic carbocycles. The van der Waals surface area contributed by atoms with Crippen LogP contribution in [0.3, 0.4) is 0 Å². The van der Waals surface area contributed by atoms with E-state index in [0.29, 0.717) is 0 Å². The number of nitrogens with zero attached hydrogens (tertiary/aromatic N) is 4. The molecule has 14 heteroatoms. The Balaban J connectivity index is 1.78. The van der Waals surface area contributed by atoms with Gasteiger partial charge in [-0.15, -0.1) is 10.2 Å². The molecule has 2 N–H and O–H groups in total. The average Bonchev–Trinajstić information content (AvgIpc) is 3.22. The van der Waals surface area contributed by atoms with Crippen molar-refractivity contribution in [2.75, 3.05) is 11.9 Å². The monoisotopic (exact) mass is 446 g/mol. The Morgan fingerprint density at radius 3 is 2.35 bits per heavy atom. The van der Waals surface area contributed by atoms with Gasteiger partial charge in [-0.1, -0.05) is 18.2 Å². The van der Waals surface area contributed by atoms with E-state index >= 15 is 0 Å². The van der Waals surface area contributed by atoms with Gasteiger partial charge < -0.3 is 15.1 Å². The molecule has 0 fully saturated rings. The van der Waals surface area contributed by atoms with Gasteiger partial charge in [0.25, 0.3) is 11.8 Å². The Morgan fingerprint density at radius 2 is 1.77 bits per heavy atom. The number of amides is 1. The lowest BCUT2D eigenvalue weighted by atomic mass is 10.1. The van der Waals surface area contributed by atoms with E-state index in [1.165, 1.54) is 18.2 Å². The molecule has 1 amide bonds. The topological polar surface area (TPSA) is 106 Å². The molecule has 3 rings (SSSR count). The van der Waals surface area contributed by atoms with Gasteiger partial charge in [-0.3, -0.25) is 4.79 Å². The van der Waals surface area contributed by atoms with E-state index in [2.05, 4.69) is 25.5 Å². The normalized spacial score (nSPS) is 12.6. The van der Waals surface area contributed by atoms with E-state index in [0.717, 1.165) is 18.5 Å². The average molecular weight is 446 g/mol. The predicted molar refractivity (Wildman–Crippen MR) is 92.1 cm³/mol. The number of carbonyl (C=O) groups excluding carboxylic acids is 1. The van der Waals surface area contributed by atoms with E-state index in [1.807, 2.05) is 0 Å². The zero-order valence-electron chi connectivity index (χ0n) is 15.2. The van der Waals surface area contributed by atoms with Gasteiger partial charge in [0, 0.05) is 24.5 Å². The standard InChI is InChI=1S/C17H12F6N6O2/c18-10-4-2-1-3-9(10)11(7-24-15(30)17(21,22)23)27-16-25-5-8(6-26-16)13-28-29-14(31-13)12(19)20/h1-6,11-12H,7H2,(H,24,30)(H,25,26,27). The fourth-order valence-electron chi connectivity index (χ4n) is 2.40. The first kappa shape index (κ1) is 22.0. The summed E-state index contributed by atoms with van der Waals surface area (Å²) in [5.74, 6) is -4.24. The maximum atomic E-state index is 14.1. The van der Waals surface area contributed by atoms with Gasteiger partial charge in [0.05, 0.1) is 11.6 Å². The third-order valence-electron chi connectivity index (χ3n) is 3.83. The molecule has 2 aromatic heterocycles. The number of aromatic nitrogens is 4. The number of hydrogen-bond acceptors (Lipinski definition) is 7. The van der Waals surface area contributed by atoms with Crippen molar-refractivity contribution in [3.63, 3.8) is 0 Å². The number of anilines is 1. The van der Waals surface area contributed by atoms with Crippen LogP contribution in [0.1, 0.15) is 23.9 Å². The molecule has 8 nitrogen and oxygen atoms in total. The number of rotatable bonds is 7. The summed E-state index contributed by atoms with van der Waals surface area (Å²) in [7, 11) is 0. The molecule has 2 heterocycles. The molecule has 3 aromatic rings. The highest BCUT2D eigenvalue weighted by Gasteiger charge is 2.38. The Bertz CT molecular complexity index is 1040. The van der Waals surface area contributed by atoms with Crippen LogP contribution in [-0.2, 0) is 4.79 Å². The summed E-state index contributed by atoms with van der Waals surface area (Å²) in [5.41, 5.74) is 0.0499. The van der Waals surface area contributed by atoms with E-state index < -0.39 is 42.8 Å². The Hall–Kier alpha value is -3.71. The molecule has 0 saturated heterocycles. The van der Waals surface area contributed by atoms with Crippen LogP contribution in [0.2, 0.25) is 0 Å². The van der Waals surface area contributed by atoms with Gasteiger partial charge in [-0.25, -0.2) is 14.4 Å². The van der Waals surface area contributed by atoms with Crippen LogP contribution in [0.25, 0.3) is 11.5 Å². The van der Waals surface area contributed by atoms with Crippen LogP contribution in [0.15, 0.2) is 41.1 Å².